The standard InChI is InChI=1S/C20H21FN2O5/c21-13-3-5-14(6-4-13)22-15(24)10-28-16(25)7-8-23-19(26)17-11-1-2-12(9-11)18(17)20(23)27/h3-6,11-12,17-18H,1-2,7-10H2,(H,22,24)/t11-,12-,17+,18+/m0/s1. The van der Waals surface area contributed by atoms with Crippen LogP contribution in [0.4, 0.5) is 10.1 Å². The van der Waals surface area contributed by atoms with Crippen LogP contribution in [-0.4, -0.2) is 41.7 Å². The number of halogens is 1. The van der Waals surface area contributed by atoms with Gasteiger partial charge in [0.1, 0.15) is 5.82 Å². The van der Waals surface area contributed by atoms with Crippen molar-refractivity contribution in [1.82, 2.24) is 4.90 Å². The van der Waals surface area contributed by atoms with Crippen molar-refractivity contribution in [2.45, 2.75) is 25.7 Å². The van der Waals surface area contributed by atoms with E-state index in [0.717, 1.165) is 19.3 Å². The van der Waals surface area contributed by atoms with Crippen molar-refractivity contribution in [3.8, 4) is 0 Å². The fourth-order valence-electron chi connectivity index (χ4n) is 4.84. The fraction of sp³-hybridized carbons (Fsp3) is 0.500. The number of hydrogen-bond donors (Lipinski definition) is 1. The van der Waals surface area contributed by atoms with Gasteiger partial charge in [0.25, 0.3) is 5.91 Å². The van der Waals surface area contributed by atoms with Crippen LogP contribution in [-0.2, 0) is 23.9 Å². The molecule has 4 rings (SSSR count). The van der Waals surface area contributed by atoms with Crippen LogP contribution in [0.25, 0.3) is 0 Å². The second-order valence-corrected chi connectivity index (χ2v) is 7.68. The summed E-state index contributed by atoms with van der Waals surface area (Å²) in [4.78, 5) is 50.0. The summed E-state index contributed by atoms with van der Waals surface area (Å²) < 4.78 is 17.7. The van der Waals surface area contributed by atoms with Gasteiger partial charge in [0.15, 0.2) is 6.61 Å². The van der Waals surface area contributed by atoms with Gasteiger partial charge in [-0.15, -0.1) is 0 Å². The Morgan fingerprint density at radius 3 is 2.29 bits per heavy atom. The van der Waals surface area contributed by atoms with Crippen LogP contribution in [0.5, 0.6) is 0 Å². The van der Waals surface area contributed by atoms with Crippen LogP contribution in [0.15, 0.2) is 24.3 Å². The molecule has 3 aliphatic rings. The molecule has 148 valence electrons. The van der Waals surface area contributed by atoms with Crippen LogP contribution < -0.4 is 5.32 Å². The molecule has 0 unspecified atom stereocenters. The van der Waals surface area contributed by atoms with Crippen LogP contribution in [0.1, 0.15) is 25.7 Å². The SMILES string of the molecule is O=C(COC(=O)CCN1C(=O)[C@@H]2[C@H]3CC[C@@H](C3)[C@H]2C1=O)Nc1ccc(F)cc1. The van der Waals surface area contributed by atoms with Gasteiger partial charge in [-0.2, -0.15) is 0 Å². The zero-order chi connectivity index (χ0) is 19.8. The molecule has 2 bridgehead atoms. The molecule has 1 aliphatic heterocycles. The lowest BCUT2D eigenvalue weighted by atomic mass is 9.81. The summed E-state index contributed by atoms with van der Waals surface area (Å²) in [5.74, 6) is -1.76. The van der Waals surface area contributed by atoms with Crippen LogP contribution in [0, 0.1) is 29.5 Å². The fourth-order valence-corrected chi connectivity index (χ4v) is 4.84. The van der Waals surface area contributed by atoms with E-state index in [1.54, 1.807) is 0 Å². The number of hydrogen-bond acceptors (Lipinski definition) is 5. The number of benzene rings is 1. The lowest BCUT2D eigenvalue weighted by molar-refractivity contribution is -0.149. The van der Waals surface area contributed by atoms with Crippen LogP contribution in [0.3, 0.4) is 0 Å². The third kappa shape index (κ3) is 3.39. The van der Waals surface area contributed by atoms with Crippen LogP contribution >= 0.6 is 0 Å². The number of imide groups is 1. The molecule has 1 saturated heterocycles. The molecule has 1 heterocycles. The molecule has 4 atom stereocenters. The number of anilines is 1. The van der Waals surface area contributed by atoms with Gasteiger partial charge in [-0.05, 0) is 55.4 Å². The first-order chi connectivity index (χ1) is 13.4. The monoisotopic (exact) mass is 388 g/mol. The topological polar surface area (TPSA) is 92.8 Å². The molecule has 3 amide bonds. The largest absolute Gasteiger partial charge is 0.456 e. The highest BCUT2D eigenvalue weighted by atomic mass is 19.1. The summed E-state index contributed by atoms with van der Waals surface area (Å²) in [5.41, 5.74) is 0.386. The van der Waals surface area contributed by atoms with Gasteiger partial charge in [-0.3, -0.25) is 24.1 Å². The normalized spacial score (nSPS) is 27.8. The van der Waals surface area contributed by atoms with Crippen molar-refractivity contribution in [3.05, 3.63) is 30.1 Å². The van der Waals surface area contributed by atoms with Gasteiger partial charge in [-0.25, -0.2) is 4.39 Å². The average Bonchev–Trinajstić information content (AvgIpc) is 3.35. The predicted molar refractivity (Wildman–Crippen MR) is 95.1 cm³/mol. The van der Waals surface area contributed by atoms with Gasteiger partial charge in [0, 0.05) is 12.2 Å². The highest BCUT2D eigenvalue weighted by Crippen LogP contribution is 2.56. The molecule has 2 aliphatic carbocycles. The first kappa shape index (κ1) is 18.6. The van der Waals surface area contributed by atoms with E-state index in [0.29, 0.717) is 17.5 Å². The zero-order valence-corrected chi connectivity index (χ0v) is 15.2. The second kappa shape index (κ2) is 7.33. The number of ether oxygens (including phenoxy) is 1. The Morgan fingerprint density at radius 2 is 1.68 bits per heavy atom. The van der Waals surface area contributed by atoms with Crippen molar-refractivity contribution in [2.75, 3.05) is 18.5 Å². The lowest BCUT2D eigenvalue weighted by Gasteiger charge is -2.19. The number of amides is 3. The summed E-state index contributed by atoms with van der Waals surface area (Å²) in [6, 6.07) is 5.19. The van der Waals surface area contributed by atoms with Crippen molar-refractivity contribution in [2.24, 2.45) is 23.7 Å². The van der Waals surface area contributed by atoms with E-state index in [1.165, 1.54) is 29.2 Å². The average molecular weight is 388 g/mol. The van der Waals surface area contributed by atoms with E-state index in [9.17, 15) is 23.6 Å². The smallest absolute Gasteiger partial charge is 0.308 e. The summed E-state index contributed by atoms with van der Waals surface area (Å²) in [6.07, 6.45) is 2.83. The molecule has 0 spiro atoms. The molecule has 1 aromatic rings. The third-order valence-corrected chi connectivity index (χ3v) is 6.05. The van der Waals surface area contributed by atoms with Gasteiger partial charge in [-0.1, -0.05) is 0 Å². The molecular weight excluding hydrogens is 367 g/mol. The Hall–Kier alpha value is -2.77. The minimum absolute atomic E-state index is 0.0114. The van der Waals surface area contributed by atoms with Gasteiger partial charge in [0.05, 0.1) is 18.3 Å². The number of carbonyl (C=O) groups excluding carboxylic acids is 4. The molecule has 7 nitrogen and oxygen atoms in total. The predicted octanol–water partition coefficient (Wildman–Crippen LogP) is 1.73. The Balaban J connectivity index is 1.22. The summed E-state index contributed by atoms with van der Waals surface area (Å²) >= 11 is 0. The summed E-state index contributed by atoms with van der Waals surface area (Å²) in [7, 11) is 0. The molecule has 2 saturated carbocycles. The molecule has 3 fully saturated rings. The van der Waals surface area contributed by atoms with E-state index in [2.05, 4.69) is 5.32 Å². The van der Waals surface area contributed by atoms with Crippen molar-refractivity contribution >= 4 is 29.4 Å². The lowest BCUT2D eigenvalue weighted by Crippen LogP contribution is -2.35. The summed E-state index contributed by atoms with van der Waals surface area (Å²) in [5, 5.41) is 2.48. The number of rotatable bonds is 6. The van der Waals surface area contributed by atoms with E-state index in [4.69, 9.17) is 4.74 Å². The van der Waals surface area contributed by atoms with Crippen molar-refractivity contribution < 1.29 is 28.3 Å². The quantitative estimate of drug-likeness (QED) is 0.592. The number of likely N-dealkylation sites (tertiary alicyclic amines) is 1. The Kier molecular flexibility index (Phi) is 4.87. The Morgan fingerprint density at radius 1 is 1.07 bits per heavy atom. The van der Waals surface area contributed by atoms with E-state index in [1.807, 2.05) is 0 Å². The first-order valence-electron chi connectivity index (χ1n) is 9.50. The summed E-state index contributed by atoms with van der Waals surface area (Å²) in [6.45, 7) is -0.504. The Bertz CT molecular complexity index is 796. The first-order valence-corrected chi connectivity index (χ1v) is 9.50. The van der Waals surface area contributed by atoms with Gasteiger partial charge < -0.3 is 10.1 Å². The van der Waals surface area contributed by atoms with E-state index in [-0.39, 0.29) is 36.6 Å². The second-order valence-electron chi connectivity index (χ2n) is 7.68. The van der Waals surface area contributed by atoms with Crippen molar-refractivity contribution in [3.63, 3.8) is 0 Å². The third-order valence-electron chi connectivity index (χ3n) is 6.05. The van der Waals surface area contributed by atoms with Gasteiger partial charge in [0.2, 0.25) is 11.8 Å². The Labute approximate surface area is 161 Å². The highest BCUT2D eigenvalue weighted by Gasteiger charge is 2.60. The van der Waals surface area contributed by atoms with E-state index < -0.39 is 24.3 Å². The maximum Gasteiger partial charge on any atom is 0.308 e. The number of nitrogens with zero attached hydrogens (tertiary/aromatic N) is 1. The molecule has 0 radical (unpaired) electrons. The molecular formula is C20H21FN2O5. The molecule has 28 heavy (non-hydrogen) atoms. The minimum atomic E-state index is -0.658. The molecule has 0 aromatic heterocycles. The number of fused-ring (bicyclic) bond motifs is 5. The number of carbonyl (C=O) groups is 4. The number of esters is 1. The van der Waals surface area contributed by atoms with Crippen LogP contribution in [0.2, 0.25) is 0 Å². The number of nitrogens with one attached hydrogen (secondary N) is 1. The molecule has 1 N–H and O–H groups in total. The molecule has 8 heteroatoms. The maximum absolute atomic E-state index is 12.8. The highest BCUT2D eigenvalue weighted by molar-refractivity contribution is 6.06. The van der Waals surface area contributed by atoms with Gasteiger partial charge >= 0.3 is 5.97 Å². The molecule has 1 aromatic carbocycles. The van der Waals surface area contributed by atoms with Crippen molar-refractivity contribution in [1.29, 1.82) is 0 Å². The minimum Gasteiger partial charge on any atom is -0.456 e. The van der Waals surface area contributed by atoms with E-state index >= 15 is 0 Å². The zero-order valence-electron chi connectivity index (χ0n) is 15.2. The maximum atomic E-state index is 12.8.